The van der Waals surface area contributed by atoms with Crippen LogP contribution in [0.4, 0.5) is 0 Å². The molecule has 0 N–H and O–H groups in total. The first-order chi connectivity index (χ1) is 15.3. The highest BCUT2D eigenvalue weighted by molar-refractivity contribution is 5.82. The first-order valence-corrected chi connectivity index (χ1v) is 10.2. The predicted octanol–water partition coefficient (Wildman–Crippen LogP) is 7.02. The lowest BCUT2D eigenvalue weighted by molar-refractivity contribution is 1.04. The van der Waals surface area contributed by atoms with Crippen LogP contribution in [0.3, 0.4) is 0 Å². The van der Waals surface area contributed by atoms with Gasteiger partial charge in [0.05, 0.1) is 0 Å². The van der Waals surface area contributed by atoms with E-state index in [2.05, 4.69) is 30.8 Å². The van der Waals surface area contributed by atoms with Crippen LogP contribution < -0.4 is 0 Å². The van der Waals surface area contributed by atoms with Crippen molar-refractivity contribution < 1.29 is 0 Å². The molecule has 1 aromatic heterocycles. The Labute approximate surface area is 183 Å². The summed E-state index contributed by atoms with van der Waals surface area (Å²) >= 11 is 0. The van der Waals surface area contributed by atoms with E-state index in [0.29, 0.717) is 17.5 Å². The van der Waals surface area contributed by atoms with Crippen LogP contribution in [0, 0.1) is 0 Å². The van der Waals surface area contributed by atoms with Gasteiger partial charge < -0.3 is 0 Å². The molecule has 4 rings (SSSR count). The van der Waals surface area contributed by atoms with Crippen LogP contribution in [0.15, 0.2) is 116 Å². The van der Waals surface area contributed by atoms with Crippen molar-refractivity contribution in [2.45, 2.75) is 6.92 Å². The molecular formula is C28H23N3. The van der Waals surface area contributed by atoms with Crippen LogP contribution in [0.25, 0.3) is 39.5 Å². The van der Waals surface area contributed by atoms with Crippen molar-refractivity contribution in [3.05, 3.63) is 122 Å². The van der Waals surface area contributed by atoms with Crippen LogP contribution in [-0.2, 0) is 0 Å². The molecule has 0 amide bonds. The normalized spacial score (nSPS) is 11.6. The van der Waals surface area contributed by atoms with Crippen LogP contribution in [-0.4, -0.2) is 15.0 Å². The van der Waals surface area contributed by atoms with Gasteiger partial charge in [-0.25, -0.2) is 15.0 Å². The number of nitrogens with zero attached hydrogens (tertiary/aromatic N) is 3. The Morgan fingerprint density at radius 2 is 1.26 bits per heavy atom. The smallest absolute Gasteiger partial charge is 0.164 e. The van der Waals surface area contributed by atoms with Crippen molar-refractivity contribution in [2.75, 3.05) is 0 Å². The van der Waals surface area contributed by atoms with Gasteiger partial charge in [0.2, 0.25) is 0 Å². The standard InChI is InChI=1S/C28H23N3/c1-3-5-14-21(4-2)26-29-27(23-17-10-7-11-18-23)31-28(30-26)25-20-13-12-19-24(25)22-15-8-6-9-16-22/h3-20H,1H2,2H3/b14-5-,21-4+. The van der Waals surface area contributed by atoms with E-state index in [-0.39, 0.29) is 0 Å². The first kappa shape index (κ1) is 20.2. The van der Waals surface area contributed by atoms with Gasteiger partial charge in [-0.1, -0.05) is 116 Å². The van der Waals surface area contributed by atoms with Gasteiger partial charge in [0.15, 0.2) is 17.5 Å². The Hall–Kier alpha value is -4.11. The number of aromatic nitrogens is 3. The molecule has 4 aromatic rings. The molecule has 0 aliphatic carbocycles. The second kappa shape index (κ2) is 9.59. The van der Waals surface area contributed by atoms with Crippen molar-refractivity contribution in [3.8, 4) is 33.9 Å². The van der Waals surface area contributed by atoms with Gasteiger partial charge in [-0.05, 0) is 18.1 Å². The minimum Gasteiger partial charge on any atom is -0.208 e. The molecule has 0 bridgehead atoms. The van der Waals surface area contributed by atoms with Crippen molar-refractivity contribution in [1.82, 2.24) is 15.0 Å². The Balaban J connectivity index is 1.94. The molecule has 0 radical (unpaired) electrons. The van der Waals surface area contributed by atoms with E-state index in [1.165, 1.54) is 0 Å². The summed E-state index contributed by atoms with van der Waals surface area (Å²) in [5, 5.41) is 0. The highest BCUT2D eigenvalue weighted by atomic mass is 15.0. The highest BCUT2D eigenvalue weighted by Gasteiger charge is 2.15. The van der Waals surface area contributed by atoms with Gasteiger partial charge in [-0.2, -0.15) is 0 Å². The van der Waals surface area contributed by atoms with Crippen molar-refractivity contribution in [2.24, 2.45) is 0 Å². The van der Waals surface area contributed by atoms with Gasteiger partial charge in [0.1, 0.15) is 0 Å². The summed E-state index contributed by atoms with van der Waals surface area (Å²) in [6.45, 7) is 5.75. The lowest BCUT2D eigenvalue weighted by Gasteiger charge is -2.12. The fraction of sp³-hybridized carbons (Fsp3) is 0.0357. The van der Waals surface area contributed by atoms with E-state index in [0.717, 1.165) is 27.8 Å². The zero-order valence-electron chi connectivity index (χ0n) is 17.4. The molecule has 0 fully saturated rings. The molecule has 31 heavy (non-hydrogen) atoms. The number of hydrogen-bond acceptors (Lipinski definition) is 3. The van der Waals surface area contributed by atoms with E-state index in [1.807, 2.05) is 85.8 Å². The van der Waals surface area contributed by atoms with Crippen molar-refractivity contribution in [3.63, 3.8) is 0 Å². The Morgan fingerprint density at radius 1 is 0.677 bits per heavy atom. The van der Waals surface area contributed by atoms with E-state index in [9.17, 15) is 0 Å². The first-order valence-electron chi connectivity index (χ1n) is 10.2. The summed E-state index contributed by atoms with van der Waals surface area (Å²) in [5.74, 6) is 1.93. The van der Waals surface area contributed by atoms with E-state index in [4.69, 9.17) is 15.0 Å². The summed E-state index contributed by atoms with van der Waals surface area (Å²) in [4.78, 5) is 14.5. The average Bonchev–Trinajstić information content (AvgIpc) is 2.85. The van der Waals surface area contributed by atoms with E-state index in [1.54, 1.807) is 6.08 Å². The fourth-order valence-corrected chi connectivity index (χ4v) is 3.36. The number of rotatable bonds is 6. The maximum absolute atomic E-state index is 4.86. The van der Waals surface area contributed by atoms with Crippen LogP contribution in [0.1, 0.15) is 12.7 Å². The number of hydrogen-bond donors (Lipinski definition) is 0. The molecule has 1 heterocycles. The zero-order valence-corrected chi connectivity index (χ0v) is 17.4. The molecule has 3 heteroatoms. The molecule has 0 aliphatic heterocycles. The molecule has 0 spiro atoms. The maximum atomic E-state index is 4.86. The van der Waals surface area contributed by atoms with Gasteiger partial charge in [-0.3, -0.25) is 0 Å². The second-order valence-corrected chi connectivity index (χ2v) is 6.92. The van der Waals surface area contributed by atoms with E-state index < -0.39 is 0 Å². The Bertz CT molecular complexity index is 1240. The fourth-order valence-electron chi connectivity index (χ4n) is 3.36. The Kier molecular flexibility index (Phi) is 6.24. The molecule has 150 valence electrons. The molecule has 3 aromatic carbocycles. The van der Waals surface area contributed by atoms with Crippen molar-refractivity contribution in [1.29, 1.82) is 0 Å². The van der Waals surface area contributed by atoms with Crippen LogP contribution >= 0.6 is 0 Å². The predicted molar refractivity (Wildman–Crippen MR) is 129 cm³/mol. The van der Waals surface area contributed by atoms with E-state index >= 15 is 0 Å². The average molecular weight is 402 g/mol. The number of allylic oxidation sites excluding steroid dienone is 5. The van der Waals surface area contributed by atoms with Crippen LogP contribution in [0.5, 0.6) is 0 Å². The lowest BCUT2D eigenvalue weighted by atomic mass is 9.99. The highest BCUT2D eigenvalue weighted by Crippen LogP contribution is 2.31. The monoisotopic (exact) mass is 401 g/mol. The maximum Gasteiger partial charge on any atom is 0.164 e. The second-order valence-electron chi connectivity index (χ2n) is 6.92. The molecular weight excluding hydrogens is 378 g/mol. The quantitative estimate of drug-likeness (QED) is 0.326. The largest absolute Gasteiger partial charge is 0.208 e. The molecule has 0 saturated heterocycles. The molecule has 3 nitrogen and oxygen atoms in total. The third-order valence-corrected chi connectivity index (χ3v) is 4.90. The molecule has 0 atom stereocenters. The minimum atomic E-state index is 0.632. The van der Waals surface area contributed by atoms with Gasteiger partial charge in [0, 0.05) is 16.7 Å². The molecule has 0 saturated carbocycles. The third-order valence-electron chi connectivity index (χ3n) is 4.90. The summed E-state index contributed by atoms with van der Waals surface area (Å²) < 4.78 is 0. The van der Waals surface area contributed by atoms with Crippen molar-refractivity contribution >= 4 is 5.57 Å². The van der Waals surface area contributed by atoms with Crippen LogP contribution in [0.2, 0.25) is 0 Å². The third kappa shape index (κ3) is 4.57. The lowest BCUT2D eigenvalue weighted by Crippen LogP contribution is -2.03. The van der Waals surface area contributed by atoms with Gasteiger partial charge in [0.25, 0.3) is 0 Å². The molecule has 0 unspecified atom stereocenters. The van der Waals surface area contributed by atoms with Gasteiger partial charge in [-0.15, -0.1) is 0 Å². The Morgan fingerprint density at radius 3 is 1.90 bits per heavy atom. The minimum absolute atomic E-state index is 0.632. The van der Waals surface area contributed by atoms with Gasteiger partial charge >= 0.3 is 0 Å². The zero-order chi connectivity index (χ0) is 21.5. The summed E-state index contributed by atoms with van der Waals surface area (Å²) in [6.07, 6.45) is 7.59. The summed E-state index contributed by atoms with van der Waals surface area (Å²) in [5.41, 5.74) is 5.05. The molecule has 0 aliphatic rings. The summed E-state index contributed by atoms with van der Waals surface area (Å²) in [6, 6.07) is 28.5. The number of benzene rings is 3. The SMILES string of the molecule is C=C/C=C\C(=C/C)c1nc(-c2ccccc2)nc(-c2ccccc2-c2ccccc2)n1. The topological polar surface area (TPSA) is 38.7 Å². The summed E-state index contributed by atoms with van der Waals surface area (Å²) in [7, 11) is 0.